The van der Waals surface area contributed by atoms with Crippen LogP contribution in [0.15, 0.2) is 97.2 Å². The smallest absolute Gasteiger partial charge is 0.132 e. The summed E-state index contributed by atoms with van der Waals surface area (Å²) in [6.07, 6.45) is 1.82. The molecule has 140 valence electrons. The lowest BCUT2D eigenvalue weighted by molar-refractivity contribution is 1.13. The van der Waals surface area contributed by atoms with Gasteiger partial charge in [0.1, 0.15) is 5.82 Å². The summed E-state index contributed by atoms with van der Waals surface area (Å²) in [6, 6.07) is 32.2. The number of aromatic nitrogens is 1. The lowest BCUT2D eigenvalue weighted by Gasteiger charge is -2.19. The Morgan fingerprint density at radius 1 is 0.621 bits per heavy atom. The van der Waals surface area contributed by atoms with Crippen LogP contribution in [0.5, 0.6) is 0 Å². The fourth-order valence-corrected chi connectivity index (χ4v) is 4.19. The standard InChI is InChI=1S/C27H22N2/c1-19-22-9-3-5-11-24(22)27(25-12-6-4-10-23(19)25)20-14-16-21(17-15-20)29(2)26-13-7-8-18-28-26/h3-18H,1-2H3. The van der Waals surface area contributed by atoms with Crippen LogP contribution in [0.4, 0.5) is 11.5 Å². The number of hydrogen-bond acceptors (Lipinski definition) is 2. The highest BCUT2D eigenvalue weighted by atomic mass is 15.2. The molecule has 2 heteroatoms. The minimum atomic E-state index is 0.937. The molecule has 29 heavy (non-hydrogen) atoms. The van der Waals surface area contributed by atoms with E-state index in [4.69, 9.17) is 0 Å². The van der Waals surface area contributed by atoms with Crippen molar-refractivity contribution in [3.05, 3.63) is 103 Å². The van der Waals surface area contributed by atoms with Gasteiger partial charge in [-0.1, -0.05) is 66.7 Å². The summed E-state index contributed by atoms with van der Waals surface area (Å²) < 4.78 is 0. The number of fused-ring (bicyclic) bond motifs is 2. The quantitative estimate of drug-likeness (QED) is 0.312. The highest BCUT2D eigenvalue weighted by Gasteiger charge is 2.13. The zero-order chi connectivity index (χ0) is 19.8. The van der Waals surface area contributed by atoms with Crippen LogP contribution in [0.3, 0.4) is 0 Å². The third-order valence-corrected chi connectivity index (χ3v) is 5.74. The largest absolute Gasteiger partial charge is 0.329 e. The molecule has 4 aromatic carbocycles. The molecule has 0 aliphatic rings. The minimum absolute atomic E-state index is 0.937. The summed E-state index contributed by atoms with van der Waals surface area (Å²) in [7, 11) is 2.05. The lowest BCUT2D eigenvalue weighted by Crippen LogP contribution is -2.10. The molecule has 1 heterocycles. The van der Waals surface area contributed by atoms with Crippen LogP contribution in [-0.4, -0.2) is 12.0 Å². The topological polar surface area (TPSA) is 16.1 Å². The molecule has 0 N–H and O–H groups in total. The fraction of sp³-hybridized carbons (Fsp3) is 0.0741. The predicted octanol–water partition coefficient (Wildman–Crippen LogP) is 7.13. The number of pyridine rings is 1. The summed E-state index contributed by atoms with van der Waals surface area (Å²) in [6.45, 7) is 2.22. The third-order valence-electron chi connectivity index (χ3n) is 5.74. The molecule has 0 amide bonds. The zero-order valence-corrected chi connectivity index (χ0v) is 16.6. The fourth-order valence-electron chi connectivity index (χ4n) is 4.19. The highest BCUT2D eigenvalue weighted by Crippen LogP contribution is 2.39. The Bertz CT molecular complexity index is 1250. The Hall–Kier alpha value is -3.65. The molecular formula is C27H22N2. The Labute approximate surface area is 171 Å². The van der Waals surface area contributed by atoms with Gasteiger partial charge in [-0.15, -0.1) is 0 Å². The van der Waals surface area contributed by atoms with E-state index in [9.17, 15) is 0 Å². The van der Waals surface area contributed by atoms with Gasteiger partial charge in [0.05, 0.1) is 0 Å². The molecule has 5 aromatic rings. The van der Waals surface area contributed by atoms with E-state index in [1.807, 2.05) is 31.4 Å². The summed E-state index contributed by atoms with van der Waals surface area (Å²) in [4.78, 5) is 6.56. The molecule has 0 unspecified atom stereocenters. The van der Waals surface area contributed by atoms with Crippen LogP contribution in [0.2, 0.25) is 0 Å². The van der Waals surface area contributed by atoms with Crippen LogP contribution in [0.25, 0.3) is 32.7 Å². The first kappa shape index (κ1) is 17.4. The van der Waals surface area contributed by atoms with Gasteiger partial charge < -0.3 is 4.90 Å². The van der Waals surface area contributed by atoms with Gasteiger partial charge in [-0.25, -0.2) is 4.98 Å². The first-order chi connectivity index (χ1) is 14.2. The van der Waals surface area contributed by atoms with Gasteiger partial charge in [0.2, 0.25) is 0 Å². The Kier molecular flexibility index (Phi) is 4.25. The number of nitrogens with zero attached hydrogens (tertiary/aromatic N) is 2. The van der Waals surface area contributed by atoms with E-state index in [0.717, 1.165) is 11.5 Å². The molecule has 0 saturated carbocycles. The van der Waals surface area contributed by atoms with Crippen molar-refractivity contribution >= 4 is 33.1 Å². The molecule has 1 aromatic heterocycles. The molecule has 0 bridgehead atoms. The summed E-state index contributed by atoms with van der Waals surface area (Å²) in [5.74, 6) is 0.937. The number of rotatable bonds is 3. The van der Waals surface area contributed by atoms with Gasteiger partial charge in [0.25, 0.3) is 0 Å². The van der Waals surface area contributed by atoms with E-state index in [1.54, 1.807) is 0 Å². The third kappa shape index (κ3) is 2.94. The Morgan fingerprint density at radius 3 is 1.72 bits per heavy atom. The average molecular weight is 374 g/mol. The van der Waals surface area contributed by atoms with Gasteiger partial charge in [-0.05, 0) is 69.4 Å². The van der Waals surface area contributed by atoms with Crippen molar-refractivity contribution in [1.82, 2.24) is 4.98 Å². The molecule has 5 rings (SSSR count). The zero-order valence-electron chi connectivity index (χ0n) is 16.6. The second-order valence-corrected chi connectivity index (χ2v) is 7.38. The monoisotopic (exact) mass is 374 g/mol. The summed E-state index contributed by atoms with van der Waals surface area (Å²) >= 11 is 0. The van der Waals surface area contributed by atoms with Gasteiger partial charge in [0, 0.05) is 18.9 Å². The molecule has 0 aliphatic heterocycles. The van der Waals surface area contributed by atoms with Gasteiger partial charge >= 0.3 is 0 Å². The minimum Gasteiger partial charge on any atom is -0.329 e. The second kappa shape index (κ2) is 7.06. The first-order valence-electron chi connectivity index (χ1n) is 9.89. The van der Waals surface area contributed by atoms with E-state index in [0.29, 0.717) is 0 Å². The molecule has 0 atom stereocenters. The van der Waals surface area contributed by atoms with Crippen LogP contribution in [-0.2, 0) is 0 Å². The number of aryl methyl sites for hydroxylation is 1. The van der Waals surface area contributed by atoms with E-state index >= 15 is 0 Å². The van der Waals surface area contributed by atoms with Crippen molar-refractivity contribution < 1.29 is 0 Å². The van der Waals surface area contributed by atoms with Crippen molar-refractivity contribution in [2.75, 3.05) is 11.9 Å². The highest BCUT2D eigenvalue weighted by molar-refractivity contribution is 6.14. The number of anilines is 2. The Balaban J connectivity index is 1.69. The molecular weight excluding hydrogens is 352 g/mol. The predicted molar refractivity (Wildman–Crippen MR) is 124 cm³/mol. The van der Waals surface area contributed by atoms with Crippen LogP contribution >= 0.6 is 0 Å². The number of benzene rings is 4. The molecule has 2 nitrogen and oxygen atoms in total. The number of hydrogen-bond donors (Lipinski definition) is 0. The second-order valence-electron chi connectivity index (χ2n) is 7.38. The summed E-state index contributed by atoms with van der Waals surface area (Å²) in [5, 5.41) is 5.23. The Morgan fingerprint density at radius 2 is 1.17 bits per heavy atom. The average Bonchev–Trinajstić information content (AvgIpc) is 2.80. The van der Waals surface area contributed by atoms with E-state index < -0.39 is 0 Å². The molecule has 0 saturated heterocycles. The maximum absolute atomic E-state index is 4.45. The molecule has 0 radical (unpaired) electrons. The molecule has 0 spiro atoms. The van der Waals surface area contributed by atoms with E-state index in [1.165, 1.54) is 38.2 Å². The van der Waals surface area contributed by atoms with Gasteiger partial charge in [-0.2, -0.15) is 0 Å². The summed E-state index contributed by atoms with van der Waals surface area (Å²) in [5.41, 5.74) is 4.99. The van der Waals surface area contributed by atoms with Crippen LogP contribution in [0.1, 0.15) is 5.56 Å². The molecule has 0 fully saturated rings. The molecule has 0 aliphatic carbocycles. The first-order valence-corrected chi connectivity index (χ1v) is 9.89. The van der Waals surface area contributed by atoms with Crippen LogP contribution in [0, 0.1) is 6.92 Å². The maximum atomic E-state index is 4.45. The SMILES string of the molecule is Cc1c2ccccc2c(-c2ccc(N(C)c3ccccn3)cc2)c2ccccc12. The normalized spacial score (nSPS) is 11.1. The van der Waals surface area contributed by atoms with Gasteiger partial charge in [-0.3, -0.25) is 0 Å². The van der Waals surface area contributed by atoms with Gasteiger partial charge in [0.15, 0.2) is 0 Å². The van der Waals surface area contributed by atoms with Crippen LogP contribution < -0.4 is 4.90 Å². The maximum Gasteiger partial charge on any atom is 0.132 e. The van der Waals surface area contributed by atoms with E-state index in [2.05, 4.69) is 89.6 Å². The van der Waals surface area contributed by atoms with Crippen molar-refractivity contribution in [3.8, 4) is 11.1 Å². The van der Waals surface area contributed by atoms with Crippen molar-refractivity contribution in [2.45, 2.75) is 6.92 Å². The van der Waals surface area contributed by atoms with Crippen molar-refractivity contribution in [3.63, 3.8) is 0 Å². The van der Waals surface area contributed by atoms with Crippen molar-refractivity contribution in [2.24, 2.45) is 0 Å². The van der Waals surface area contributed by atoms with E-state index in [-0.39, 0.29) is 0 Å². The van der Waals surface area contributed by atoms with Crippen molar-refractivity contribution in [1.29, 1.82) is 0 Å². The lowest BCUT2D eigenvalue weighted by atomic mass is 9.89.